The number of rotatable bonds is 4. The summed E-state index contributed by atoms with van der Waals surface area (Å²) in [6, 6.07) is 4.91. The molecule has 0 fully saturated rings. The van der Waals surface area contributed by atoms with Crippen molar-refractivity contribution in [2.24, 2.45) is 0 Å². The zero-order valence-electron chi connectivity index (χ0n) is 10.7. The van der Waals surface area contributed by atoms with Crippen LogP contribution in [0.2, 0.25) is 0 Å². The second-order valence-electron chi connectivity index (χ2n) is 5.03. The Labute approximate surface area is 105 Å². The molecule has 1 atom stereocenters. The van der Waals surface area contributed by atoms with Gasteiger partial charge in [0.15, 0.2) is 0 Å². The lowest BCUT2D eigenvalue weighted by Crippen LogP contribution is -2.43. The third kappa shape index (κ3) is 3.99. The van der Waals surface area contributed by atoms with Crippen LogP contribution in [0.15, 0.2) is 24.3 Å². The molecule has 1 aromatic rings. The maximum Gasteiger partial charge on any atom is 0.416 e. The highest BCUT2D eigenvalue weighted by Gasteiger charge is 2.30. The first kappa shape index (κ1) is 15.0. The average Bonchev–Trinajstić information content (AvgIpc) is 2.27. The zero-order valence-corrected chi connectivity index (χ0v) is 10.7. The Balaban J connectivity index is 2.80. The van der Waals surface area contributed by atoms with Crippen molar-refractivity contribution in [2.75, 3.05) is 6.61 Å². The molecule has 102 valence electrons. The van der Waals surface area contributed by atoms with Crippen molar-refractivity contribution in [1.29, 1.82) is 0 Å². The Bertz CT molecular complexity index is 384. The third-order valence-corrected chi connectivity index (χ3v) is 2.74. The number of aliphatic hydroxyl groups is 1. The fraction of sp³-hybridized carbons (Fsp3) is 0.538. The van der Waals surface area contributed by atoms with E-state index in [1.165, 1.54) is 12.1 Å². The first-order chi connectivity index (χ1) is 8.15. The largest absolute Gasteiger partial charge is 0.416 e. The summed E-state index contributed by atoms with van der Waals surface area (Å²) in [5.74, 6) is 0. The smallest absolute Gasteiger partial charge is 0.394 e. The zero-order chi connectivity index (χ0) is 14.0. The van der Waals surface area contributed by atoms with Gasteiger partial charge < -0.3 is 10.4 Å². The molecule has 2 nitrogen and oxygen atoms in total. The minimum atomic E-state index is -4.31. The number of alkyl halides is 3. The number of hydrogen-bond donors (Lipinski definition) is 2. The second-order valence-corrected chi connectivity index (χ2v) is 5.03. The van der Waals surface area contributed by atoms with Gasteiger partial charge in [-0.2, -0.15) is 13.2 Å². The SMILES string of the molecule is CC(NC(C)(C)CO)c1ccc(C(F)(F)F)cc1. The molecule has 1 rings (SSSR count). The molecule has 0 amide bonds. The average molecular weight is 261 g/mol. The summed E-state index contributed by atoms with van der Waals surface area (Å²) < 4.78 is 37.2. The fourth-order valence-electron chi connectivity index (χ4n) is 1.68. The van der Waals surface area contributed by atoms with Crippen LogP contribution in [0.1, 0.15) is 37.9 Å². The third-order valence-electron chi connectivity index (χ3n) is 2.74. The van der Waals surface area contributed by atoms with Crippen LogP contribution in [0, 0.1) is 0 Å². The van der Waals surface area contributed by atoms with Crippen LogP contribution in [0.4, 0.5) is 13.2 Å². The van der Waals surface area contributed by atoms with E-state index in [4.69, 9.17) is 5.11 Å². The van der Waals surface area contributed by atoms with Crippen molar-refractivity contribution in [3.8, 4) is 0 Å². The highest BCUT2D eigenvalue weighted by atomic mass is 19.4. The Morgan fingerprint density at radius 2 is 1.67 bits per heavy atom. The van der Waals surface area contributed by atoms with Gasteiger partial charge >= 0.3 is 6.18 Å². The molecule has 0 heterocycles. The lowest BCUT2D eigenvalue weighted by Gasteiger charge is -2.28. The molecular formula is C13H18F3NO. The maximum atomic E-state index is 12.4. The second kappa shape index (κ2) is 5.28. The van der Waals surface area contributed by atoms with Crippen molar-refractivity contribution in [3.05, 3.63) is 35.4 Å². The van der Waals surface area contributed by atoms with Gasteiger partial charge in [-0.15, -0.1) is 0 Å². The summed E-state index contributed by atoms with van der Waals surface area (Å²) in [5.41, 5.74) is -0.369. The van der Waals surface area contributed by atoms with Gasteiger partial charge in [-0.25, -0.2) is 0 Å². The molecule has 0 bridgehead atoms. The summed E-state index contributed by atoms with van der Waals surface area (Å²) in [6.45, 7) is 5.46. The van der Waals surface area contributed by atoms with Crippen molar-refractivity contribution in [3.63, 3.8) is 0 Å². The summed E-state index contributed by atoms with van der Waals surface area (Å²) in [5, 5.41) is 12.3. The molecule has 18 heavy (non-hydrogen) atoms. The van der Waals surface area contributed by atoms with Crippen molar-refractivity contribution < 1.29 is 18.3 Å². The molecule has 5 heteroatoms. The summed E-state index contributed by atoms with van der Waals surface area (Å²) in [6.07, 6.45) is -4.31. The van der Waals surface area contributed by atoms with Gasteiger partial charge in [-0.05, 0) is 38.5 Å². The number of hydrogen-bond acceptors (Lipinski definition) is 2. The van der Waals surface area contributed by atoms with Crippen LogP contribution < -0.4 is 5.32 Å². The highest BCUT2D eigenvalue weighted by Crippen LogP contribution is 2.30. The number of aliphatic hydroxyl groups excluding tert-OH is 1. The van der Waals surface area contributed by atoms with E-state index in [2.05, 4.69) is 5.32 Å². The molecule has 0 aliphatic carbocycles. The van der Waals surface area contributed by atoms with Gasteiger partial charge in [-0.1, -0.05) is 12.1 Å². The first-order valence-corrected chi connectivity index (χ1v) is 5.71. The minimum absolute atomic E-state index is 0.0437. The minimum Gasteiger partial charge on any atom is -0.394 e. The molecule has 0 aliphatic rings. The number of nitrogens with one attached hydrogen (secondary N) is 1. The van der Waals surface area contributed by atoms with E-state index in [1.54, 1.807) is 0 Å². The standard InChI is InChI=1S/C13H18F3NO/c1-9(17-12(2,3)8-18)10-4-6-11(7-5-10)13(14,15)16/h4-7,9,17-18H,8H2,1-3H3. The van der Waals surface area contributed by atoms with Gasteiger partial charge in [0.1, 0.15) is 0 Å². The van der Waals surface area contributed by atoms with Gasteiger partial charge in [0.25, 0.3) is 0 Å². The summed E-state index contributed by atoms with van der Waals surface area (Å²) in [7, 11) is 0. The molecule has 0 saturated carbocycles. The Hall–Kier alpha value is -1.07. The van der Waals surface area contributed by atoms with E-state index >= 15 is 0 Å². The van der Waals surface area contributed by atoms with Crippen LogP contribution in [-0.4, -0.2) is 17.3 Å². The van der Waals surface area contributed by atoms with Gasteiger partial charge in [-0.3, -0.25) is 0 Å². The number of halogens is 3. The number of benzene rings is 1. The predicted molar refractivity (Wildman–Crippen MR) is 64.2 cm³/mol. The van der Waals surface area contributed by atoms with Gasteiger partial charge in [0, 0.05) is 11.6 Å². The lowest BCUT2D eigenvalue weighted by atomic mass is 10.0. The van der Waals surface area contributed by atoms with Crippen LogP contribution in [-0.2, 0) is 6.18 Å². The van der Waals surface area contributed by atoms with Crippen molar-refractivity contribution >= 4 is 0 Å². The van der Waals surface area contributed by atoms with Gasteiger partial charge in [0.05, 0.1) is 12.2 Å². The molecule has 0 radical (unpaired) electrons. The fourth-order valence-corrected chi connectivity index (χ4v) is 1.68. The molecule has 0 saturated heterocycles. The monoisotopic (exact) mass is 261 g/mol. The van der Waals surface area contributed by atoms with Crippen LogP contribution in [0.5, 0.6) is 0 Å². The molecule has 0 spiro atoms. The van der Waals surface area contributed by atoms with Crippen LogP contribution in [0.25, 0.3) is 0 Å². The van der Waals surface area contributed by atoms with Crippen molar-refractivity contribution in [2.45, 2.75) is 38.5 Å². The first-order valence-electron chi connectivity index (χ1n) is 5.71. The predicted octanol–water partition coefficient (Wildman–Crippen LogP) is 3.13. The van der Waals surface area contributed by atoms with E-state index < -0.39 is 17.3 Å². The van der Waals surface area contributed by atoms with E-state index in [0.29, 0.717) is 0 Å². The Kier molecular flexibility index (Phi) is 4.40. The molecule has 1 unspecified atom stereocenters. The summed E-state index contributed by atoms with van der Waals surface area (Å²) in [4.78, 5) is 0. The Morgan fingerprint density at radius 3 is 2.06 bits per heavy atom. The normalized spacial score (nSPS) is 14.6. The lowest BCUT2D eigenvalue weighted by molar-refractivity contribution is -0.137. The quantitative estimate of drug-likeness (QED) is 0.872. The topological polar surface area (TPSA) is 32.3 Å². The molecule has 0 aromatic heterocycles. The van der Waals surface area contributed by atoms with E-state index in [1.807, 2.05) is 20.8 Å². The molecule has 1 aromatic carbocycles. The van der Waals surface area contributed by atoms with Gasteiger partial charge in [0.2, 0.25) is 0 Å². The molecule has 2 N–H and O–H groups in total. The van der Waals surface area contributed by atoms with E-state index in [9.17, 15) is 13.2 Å². The molecule has 0 aliphatic heterocycles. The van der Waals surface area contributed by atoms with E-state index in [-0.39, 0.29) is 12.6 Å². The highest BCUT2D eigenvalue weighted by molar-refractivity contribution is 5.26. The van der Waals surface area contributed by atoms with Crippen LogP contribution >= 0.6 is 0 Å². The van der Waals surface area contributed by atoms with Crippen molar-refractivity contribution in [1.82, 2.24) is 5.32 Å². The van der Waals surface area contributed by atoms with E-state index in [0.717, 1.165) is 17.7 Å². The maximum absolute atomic E-state index is 12.4. The summed E-state index contributed by atoms with van der Waals surface area (Å²) >= 11 is 0. The Morgan fingerprint density at radius 1 is 1.17 bits per heavy atom. The molecular weight excluding hydrogens is 243 g/mol. The van der Waals surface area contributed by atoms with Crippen LogP contribution in [0.3, 0.4) is 0 Å².